The van der Waals surface area contributed by atoms with Crippen LogP contribution in [0.25, 0.3) is 11.1 Å². The van der Waals surface area contributed by atoms with E-state index in [4.69, 9.17) is 21.4 Å². The Labute approximate surface area is 240 Å². The number of rotatable bonds is 9. The summed E-state index contributed by atoms with van der Waals surface area (Å²) in [6.45, 7) is 3.11. The van der Waals surface area contributed by atoms with Crippen LogP contribution in [-0.2, 0) is 11.3 Å². The van der Waals surface area contributed by atoms with Gasteiger partial charge in [-0.05, 0) is 43.7 Å². The number of halogens is 2. The van der Waals surface area contributed by atoms with E-state index in [9.17, 15) is 14.0 Å². The van der Waals surface area contributed by atoms with Crippen LogP contribution in [0.5, 0.6) is 5.75 Å². The van der Waals surface area contributed by atoms with Crippen molar-refractivity contribution >= 4 is 40.9 Å². The molecule has 0 aliphatic carbocycles. The van der Waals surface area contributed by atoms with Gasteiger partial charge < -0.3 is 14.7 Å². The van der Waals surface area contributed by atoms with Crippen molar-refractivity contribution in [3.8, 4) is 16.9 Å². The molecule has 0 radical (unpaired) electrons. The number of hydrogen-bond acceptors (Lipinski definition) is 5. The van der Waals surface area contributed by atoms with Gasteiger partial charge in [-0.15, -0.1) is 11.8 Å². The molecule has 5 rings (SSSR count). The number of carbonyl (C=O) groups excluding carboxylic acids is 1. The summed E-state index contributed by atoms with van der Waals surface area (Å²) in [5.74, 6) is -0.229. The molecule has 4 aromatic rings. The van der Waals surface area contributed by atoms with Gasteiger partial charge in [0.15, 0.2) is 0 Å². The average molecular weight is 580 g/mol. The molecular weight excluding hydrogens is 553 g/mol. The van der Waals surface area contributed by atoms with Crippen LogP contribution in [0.15, 0.2) is 71.9 Å². The van der Waals surface area contributed by atoms with Gasteiger partial charge in [0.2, 0.25) is 5.91 Å². The summed E-state index contributed by atoms with van der Waals surface area (Å²) < 4.78 is 21.9. The van der Waals surface area contributed by atoms with Crippen molar-refractivity contribution in [3.05, 3.63) is 94.5 Å². The molecule has 0 bridgehead atoms. The molecule has 0 atom stereocenters. The molecule has 10 heteroatoms. The minimum Gasteiger partial charge on any atom is -0.493 e. The topological polar surface area (TPSA) is 84.7 Å². The molecule has 3 aromatic carbocycles. The Morgan fingerprint density at radius 1 is 1.18 bits per heavy atom. The van der Waals surface area contributed by atoms with Crippen molar-refractivity contribution in [1.82, 2.24) is 9.78 Å². The minimum absolute atomic E-state index is 0.0427. The van der Waals surface area contributed by atoms with Crippen LogP contribution >= 0.6 is 23.4 Å². The van der Waals surface area contributed by atoms with Gasteiger partial charge in [0.05, 0.1) is 30.6 Å². The molecule has 40 heavy (non-hydrogen) atoms. The second-order valence-corrected chi connectivity index (χ2v) is 10.9. The van der Waals surface area contributed by atoms with Gasteiger partial charge in [-0.3, -0.25) is 9.48 Å². The molecule has 0 spiro atoms. The first-order valence-electron chi connectivity index (χ1n) is 12.8. The molecule has 1 amide bonds. The van der Waals surface area contributed by atoms with E-state index in [1.807, 2.05) is 54.4 Å². The number of carboxylic acid groups (broad SMARTS) is 1. The third-order valence-corrected chi connectivity index (χ3v) is 8.25. The summed E-state index contributed by atoms with van der Waals surface area (Å²) in [7, 11) is 0. The van der Waals surface area contributed by atoms with Crippen LogP contribution in [0.1, 0.15) is 34.3 Å². The maximum Gasteiger partial charge on any atom is 0.335 e. The Morgan fingerprint density at radius 2 is 2.00 bits per heavy atom. The molecule has 1 aliphatic rings. The van der Waals surface area contributed by atoms with Crippen LogP contribution in [0.2, 0.25) is 5.02 Å². The average Bonchev–Trinajstić information content (AvgIpc) is 3.41. The number of aromatic nitrogens is 2. The molecule has 1 N–H and O–H groups in total. The van der Waals surface area contributed by atoms with Gasteiger partial charge in [0.25, 0.3) is 0 Å². The van der Waals surface area contributed by atoms with Gasteiger partial charge in [0.1, 0.15) is 11.6 Å². The van der Waals surface area contributed by atoms with E-state index in [0.29, 0.717) is 36.6 Å². The van der Waals surface area contributed by atoms with E-state index in [1.165, 1.54) is 12.1 Å². The molecule has 7 nitrogen and oxygen atoms in total. The summed E-state index contributed by atoms with van der Waals surface area (Å²) in [6.07, 6.45) is 4.49. The number of fused-ring (bicyclic) bond motifs is 1. The van der Waals surface area contributed by atoms with Crippen molar-refractivity contribution in [2.24, 2.45) is 0 Å². The zero-order valence-corrected chi connectivity index (χ0v) is 23.3. The molecule has 206 valence electrons. The lowest BCUT2D eigenvalue weighted by molar-refractivity contribution is -0.118. The standard InChI is InChI=1S/C30H27ClFN3O4S/c1-19-24(31)6-3-8-27(19)39-13-4-9-28(36)35-12-14-40-29-23(5-2-7-26(29)35)22-16-33-34(18-22)17-21-11-10-20(30(37)38)15-25(21)32/h2-3,5-8,10-11,15-16,18H,4,9,12-14,17H2,1H3,(H,37,38). The van der Waals surface area contributed by atoms with E-state index in [1.54, 1.807) is 22.6 Å². The monoisotopic (exact) mass is 579 g/mol. The van der Waals surface area contributed by atoms with E-state index in [0.717, 1.165) is 44.8 Å². The molecule has 0 unspecified atom stereocenters. The number of carbonyl (C=O) groups is 2. The van der Waals surface area contributed by atoms with Crippen molar-refractivity contribution in [1.29, 1.82) is 0 Å². The molecule has 2 heterocycles. The number of aromatic carboxylic acids is 1. The molecular formula is C30H27ClFN3O4S. The number of carboxylic acids is 1. The number of amides is 1. The zero-order valence-electron chi connectivity index (χ0n) is 21.8. The normalized spacial score (nSPS) is 12.7. The van der Waals surface area contributed by atoms with E-state index < -0.39 is 11.8 Å². The highest BCUT2D eigenvalue weighted by molar-refractivity contribution is 7.99. The predicted octanol–water partition coefficient (Wildman–Crippen LogP) is 6.70. The fourth-order valence-electron chi connectivity index (χ4n) is 4.59. The second-order valence-electron chi connectivity index (χ2n) is 9.40. The lowest BCUT2D eigenvalue weighted by Crippen LogP contribution is -2.35. The van der Waals surface area contributed by atoms with Gasteiger partial charge in [-0.25, -0.2) is 9.18 Å². The first kappa shape index (κ1) is 27.7. The fourth-order valence-corrected chi connectivity index (χ4v) is 5.90. The quantitative estimate of drug-likeness (QED) is 0.222. The molecule has 0 saturated heterocycles. The maximum absolute atomic E-state index is 14.4. The maximum atomic E-state index is 14.4. The van der Waals surface area contributed by atoms with Crippen LogP contribution in [0.4, 0.5) is 10.1 Å². The van der Waals surface area contributed by atoms with Gasteiger partial charge >= 0.3 is 5.97 Å². The largest absolute Gasteiger partial charge is 0.493 e. The summed E-state index contributed by atoms with van der Waals surface area (Å²) in [5.41, 5.74) is 3.80. The van der Waals surface area contributed by atoms with Gasteiger partial charge in [-0.2, -0.15) is 5.10 Å². The second kappa shape index (κ2) is 12.1. The zero-order chi connectivity index (χ0) is 28.2. The highest BCUT2D eigenvalue weighted by Crippen LogP contribution is 2.42. The van der Waals surface area contributed by atoms with Crippen LogP contribution in [0.3, 0.4) is 0 Å². The first-order valence-corrected chi connectivity index (χ1v) is 14.2. The third-order valence-electron chi connectivity index (χ3n) is 6.73. The number of nitrogens with zero attached hydrogens (tertiary/aromatic N) is 3. The smallest absolute Gasteiger partial charge is 0.335 e. The molecule has 1 aliphatic heterocycles. The highest BCUT2D eigenvalue weighted by Gasteiger charge is 2.25. The minimum atomic E-state index is -1.17. The molecule has 0 saturated carbocycles. The van der Waals surface area contributed by atoms with Crippen LogP contribution in [-0.4, -0.2) is 45.7 Å². The number of ether oxygens (including phenoxy) is 1. The van der Waals surface area contributed by atoms with Crippen molar-refractivity contribution < 1.29 is 23.8 Å². The lowest BCUT2D eigenvalue weighted by Gasteiger charge is -2.30. The third kappa shape index (κ3) is 6.00. The summed E-state index contributed by atoms with van der Waals surface area (Å²) in [6, 6.07) is 15.3. The first-order chi connectivity index (χ1) is 19.3. The SMILES string of the molecule is Cc1c(Cl)cccc1OCCCC(=O)N1CCSc2c(-c3cnn(Cc4ccc(C(=O)O)cc4F)c3)cccc21. The van der Waals surface area contributed by atoms with Crippen molar-refractivity contribution in [2.45, 2.75) is 31.2 Å². The Balaban J connectivity index is 1.26. The van der Waals surface area contributed by atoms with Crippen LogP contribution < -0.4 is 9.64 Å². The van der Waals surface area contributed by atoms with E-state index in [-0.39, 0.29) is 18.0 Å². The molecule has 0 fully saturated rings. The summed E-state index contributed by atoms with van der Waals surface area (Å²) in [4.78, 5) is 27.1. The number of benzene rings is 3. The highest BCUT2D eigenvalue weighted by atomic mass is 35.5. The van der Waals surface area contributed by atoms with Gasteiger partial charge in [0, 0.05) is 57.1 Å². The lowest BCUT2D eigenvalue weighted by atomic mass is 10.1. The van der Waals surface area contributed by atoms with Crippen molar-refractivity contribution in [2.75, 3.05) is 23.8 Å². The Kier molecular flexibility index (Phi) is 8.42. The number of hydrogen-bond donors (Lipinski definition) is 1. The Hall–Kier alpha value is -3.82. The van der Waals surface area contributed by atoms with Crippen LogP contribution in [0, 0.1) is 12.7 Å². The summed E-state index contributed by atoms with van der Waals surface area (Å²) >= 11 is 7.86. The van der Waals surface area contributed by atoms with E-state index >= 15 is 0 Å². The Bertz CT molecular complexity index is 1570. The number of anilines is 1. The Morgan fingerprint density at radius 3 is 2.80 bits per heavy atom. The molecule has 1 aromatic heterocycles. The van der Waals surface area contributed by atoms with E-state index in [2.05, 4.69) is 5.10 Å². The van der Waals surface area contributed by atoms with Crippen molar-refractivity contribution in [3.63, 3.8) is 0 Å². The fraction of sp³-hybridized carbons (Fsp3) is 0.233. The van der Waals surface area contributed by atoms with Gasteiger partial charge in [-0.1, -0.05) is 35.9 Å². The number of thioether (sulfide) groups is 1. The predicted molar refractivity (Wildman–Crippen MR) is 154 cm³/mol. The summed E-state index contributed by atoms with van der Waals surface area (Å²) in [5, 5.41) is 14.1.